The number of allylic oxidation sites excluding steroid dienone is 1. The quantitative estimate of drug-likeness (QED) is 0.136. The number of anilines is 1. The van der Waals surface area contributed by atoms with Crippen molar-refractivity contribution >= 4 is 34.2 Å². The van der Waals surface area contributed by atoms with Crippen molar-refractivity contribution in [3.8, 4) is 5.75 Å². The summed E-state index contributed by atoms with van der Waals surface area (Å²) >= 11 is 6.48. The maximum absolute atomic E-state index is 13.3. The van der Waals surface area contributed by atoms with Crippen molar-refractivity contribution in [1.82, 2.24) is 9.62 Å². The summed E-state index contributed by atoms with van der Waals surface area (Å²) in [5.74, 6) is 1.82. The third kappa shape index (κ3) is 10.5. The standard InChI is InChI=1S/C42H56ClN3O4S/c1-5-7-14-34(26-45(21-22-47)25-31-12-9-8-10-13-31)39-18-15-35(39)27-46-28-36(38-19-17-37(43)23-32(38)11-6-2)29-50-41-20-16-33(24-40(41)46)42(48)44-51(49)30(3)4/h7-10,12-14,16-17,19-20,23-24,30,34-36,39,47H,5-6,11,15,18,21-22,25-29H2,1-4H3,(H,44,48)/b14-7+. The van der Waals surface area contributed by atoms with Gasteiger partial charge < -0.3 is 14.7 Å². The summed E-state index contributed by atoms with van der Waals surface area (Å²) in [4.78, 5) is 18.1. The summed E-state index contributed by atoms with van der Waals surface area (Å²) < 4.78 is 21.8. The van der Waals surface area contributed by atoms with E-state index in [4.69, 9.17) is 16.3 Å². The number of hydrogen-bond donors (Lipinski definition) is 2. The molecule has 2 aliphatic rings. The Bertz CT molecular complexity index is 1630. The summed E-state index contributed by atoms with van der Waals surface area (Å²) in [6.45, 7) is 12.6. The van der Waals surface area contributed by atoms with Gasteiger partial charge >= 0.3 is 0 Å². The highest BCUT2D eigenvalue weighted by molar-refractivity contribution is 7.84. The Kier molecular flexibility index (Phi) is 14.6. The van der Waals surface area contributed by atoms with E-state index in [1.54, 1.807) is 6.07 Å². The molecule has 1 heterocycles. The van der Waals surface area contributed by atoms with E-state index in [0.29, 0.717) is 36.5 Å². The Morgan fingerprint density at radius 3 is 2.61 bits per heavy atom. The van der Waals surface area contributed by atoms with Crippen LogP contribution in [0.15, 0.2) is 78.9 Å². The molecule has 1 saturated carbocycles. The van der Waals surface area contributed by atoms with Crippen LogP contribution >= 0.6 is 11.6 Å². The minimum Gasteiger partial charge on any atom is -0.491 e. The Labute approximate surface area is 313 Å². The molecule has 0 saturated heterocycles. The highest BCUT2D eigenvalue weighted by Gasteiger charge is 2.39. The second kappa shape index (κ2) is 19.1. The first-order chi connectivity index (χ1) is 24.7. The lowest BCUT2D eigenvalue weighted by Gasteiger charge is -2.45. The van der Waals surface area contributed by atoms with Gasteiger partial charge in [0, 0.05) is 54.5 Å². The van der Waals surface area contributed by atoms with Crippen LogP contribution in [0, 0.1) is 17.8 Å². The molecule has 1 fully saturated rings. The molecule has 2 N–H and O–H groups in total. The molecule has 3 aromatic carbocycles. The number of halogens is 1. The number of fused-ring (bicyclic) bond motifs is 1. The van der Waals surface area contributed by atoms with Crippen molar-refractivity contribution in [3.63, 3.8) is 0 Å². The van der Waals surface area contributed by atoms with Crippen LogP contribution in [0.1, 0.15) is 86.3 Å². The number of amides is 1. The molecule has 0 spiro atoms. The van der Waals surface area contributed by atoms with Gasteiger partial charge in [0.15, 0.2) is 0 Å². The molecule has 7 nitrogen and oxygen atoms in total. The van der Waals surface area contributed by atoms with Crippen molar-refractivity contribution in [2.24, 2.45) is 17.8 Å². The molecular weight excluding hydrogens is 678 g/mol. The molecule has 0 aromatic heterocycles. The number of hydrogen-bond acceptors (Lipinski definition) is 6. The maximum Gasteiger partial charge on any atom is 0.263 e. The normalized spacial score (nSPS) is 20.1. The third-order valence-electron chi connectivity index (χ3n) is 10.4. The van der Waals surface area contributed by atoms with Crippen molar-refractivity contribution < 1.29 is 18.8 Å². The van der Waals surface area contributed by atoms with E-state index in [2.05, 4.69) is 76.9 Å². The zero-order valence-electron chi connectivity index (χ0n) is 30.7. The van der Waals surface area contributed by atoms with Crippen LogP contribution in [0.3, 0.4) is 0 Å². The molecular formula is C42H56ClN3O4S. The van der Waals surface area contributed by atoms with Crippen molar-refractivity contribution in [3.05, 3.63) is 106 Å². The van der Waals surface area contributed by atoms with Crippen LogP contribution in [-0.2, 0) is 24.0 Å². The molecule has 5 unspecified atom stereocenters. The summed E-state index contributed by atoms with van der Waals surface area (Å²) in [5, 5.41) is 10.6. The number of benzene rings is 3. The number of rotatable bonds is 17. The number of aliphatic hydroxyl groups is 1. The van der Waals surface area contributed by atoms with E-state index in [1.165, 1.54) is 16.7 Å². The van der Waals surface area contributed by atoms with Gasteiger partial charge in [-0.25, -0.2) is 4.21 Å². The number of nitrogens with zero attached hydrogens (tertiary/aromatic N) is 2. The zero-order valence-corrected chi connectivity index (χ0v) is 32.3. The van der Waals surface area contributed by atoms with Gasteiger partial charge in [0.1, 0.15) is 16.7 Å². The SMILES string of the molecule is CC/C=C/C(CN(CCO)Cc1ccccc1)C1CCC1CN1CC(c2ccc(Cl)cc2CCC)COc2ccc(C(=O)NS(=O)C(C)C)cc21. The molecule has 1 aliphatic carbocycles. The fraction of sp³-hybridized carbons (Fsp3) is 0.500. The maximum atomic E-state index is 13.3. The Balaban J connectivity index is 1.44. The second-order valence-corrected chi connectivity index (χ2v) is 16.6. The number of nitrogens with one attached hydrogen (secondary N) is 1. The fourth-order valence-electron chi connectivity index (χ4n) is 7.56. The highest BCUT2D eigenvalue weighted by atomic mass is 35.5. The number of aryl methyl sites for hydroxylation is 1. The first-order valence-corrected chi connectivity index (χ1v) is 20.3. The number of carbonyl (C=O) groups is 1. The summed E-state index contributed by atoms with van der Waals surface area (Å²) in [7, 11) is -1.47. The zero-order chi connectivity index (χ0) is 36.3. The summed E-state index contributed by atoms with van der Waals surface area (Å²) in [5.41, 5.74) is 5.16. The van der Waals surface area contributed by atoms with E-state index in [0.717, 1.165) is 74.7 Å². The second-order valence-electron chi connectivity index (χ2n) is 14.4. The minimum absolute atomic E-state index is 0.113. The molecule has 0 bridgehead atoms. The predicted octanol–water partition coefficient (Wildman–Crippen LogP) is 8.18. The van der Waals surface area contributed by atoms with Crippen molar-refractivity contribution in [2.45, 2.75) is 77.5 Å². The average Bonchev–Trinajstić information content (AvgIpc) is 3.28. The lowest BCUT2D eigenvalue weighted by atomic mass is 9.66. The molecule has 1 amide bonds. The molecule has 3 aromatic rings. The van der Waals surface area contributed by atoms with Gasteiger partial charge in [0.05, 0.1) is 18.9 Å². The first-order valence-electron chi connectivity index (χ1n) is 18.8. The van der Waals surface area contributed by atoms with Gasteiger partial charge in [-0.1, -0.05) is 80.4 Å². The lowest BCUT2D eigenvalue weighted by Crippen LogP contribution is -2.45. The number of carbonyl (C=O) groups excluding carboxylic acids is 1. The van der Waals surface area contributed by atoms with Crippen molar-refractivity contribution in [2.75, 3.05) is 44.3 Å². The van der Waals surface area contributed by atoms with Gasteiger partial charge in [0.25, 0.3) is 5.91 Å². The van der Waals surface area contributed by atoms with Gasteiger partial charge in [-0.05, 0) is 104 Å². The van der Waals surface area contributed by atoms with Crippen LogP contribution in [0.5, 0.6) is 5.75 Å². The molecule has 5 atom stereocenters. The largest absolute Gasteiger partial charge is 0.491 e. The summed E-state index contributed by atoms with van der Waals surface area (Å²) in [6.07, 6.45) is 9.95. The Hall–Kier alpha value is -3.17. The smallest absolute Gasteiger partial charge is 0.263 e. The van der Waals surface area contributed by atoms with E-state index in [-0.39, 0.29) is 23.7 Å². The average molecular weight is 734 g/mol. The van der Waals surface area contributed by atoms with Gasteiger partial charge in [-0.3, -0.25) is 14.4 Å². The van der Waals surface area contributed by atoms with Gasteiger partial charge in [-0.2, -0.15) is 0 Å². The van der Waals surface area contributed by atoms with Crippen LogP contribution in [0.2, 0.25) is 5.02 Å². The molecule has 0 radical (unpaired) electrons. The number of ether oxygens (including phenoxy) is 1. The summed E-state index contributed by atoms with van der Waals surface area (Å²) in [6, 6.07) is 22.3. The van der Waals surface area contributed by atoms with Gasteiger partial charge in [0.2, 0.25) is 0 Å². The van der Waals surface area contributed by atoms with E-state index >= 15 is 0 Å². The first kappa shape index (κ1) is 39.0. The fourth-order valence-corrected chi connectivity index (χ4v) is 8.29. The Morgan fingerprint density at radius 2 is 1.92 bits per heavy atom. The number of aliphatic hydroxyl groups excluding tert-OH is 1. The molecule has 9 heteroatoms. The topological polar surface area (TPSA) is 82.1 Å². The third-order valence-corrected chi connectivity index (χ3v) is 11.8. The van der Waals surface area contributed by atoms with Crippen LogP contribution in [0.4, 0.5) is 5.69 Å². The highest BCUT2D eigenvalue weighted by Crippen LogP contribution is 2.44. The minimum atomic E-state index is -1.47. The van der Waals surface area contributed by atoms with E-state index in [9.17, 15) is 14.1 Å². The monoisotopic (exact) mass is 733 g/mol. The van der Waals surface area contributed by atoms with Crippen molar-refractivity contribution in [1.29, 1.82) is 0 Å². The molecule has 276 valence electrons. The van der Waals surface area contributed by atoms with Crippen LogP contribution < -0.4 is 14.4 Å². The predicted molar refractivity (Wildman–Crippen MR) is 211 cm³/mol. The molecule has 5 rings (SSSR count). The lowest BCUT2D eigenvalue weighted by molar-refractivity contribution is 0.0908. The molecule has 51 heavy (non-hydrogen) atoms. The Morgan fingerprint density at radius 1 is 1.12 bits per heavy atom. The van der Waals surface area contributed by atoms with Crippen LogP contribution in [-0.4, -0.2) is 64.8 Å². The van der Waals surface area contributed by atoms with E-state index < -0.39 is 11.0 Å². The van der Waals surface area contributed by atoms with E-state index in [1.807, 2.05) is 38.1 Å². The van der Waals surface area contributed by atoms with Gasteiger partial charge in [-0.15, -0.1) is 0 Å². The molecule has 1 aliphatic heterocycles. The van der Waals surface area contributed by atoms with Crippen LogP contribution in [0.25, 0.3) is 0 Å².